The molecule has 0 aliphatic heterocycles. The normalized spacial score (nSPS) is 13.9. The van der Waals surface area contributed by atoms with Crippen LogP contribution in [0.4, 0.5) is 0 Å². The minimum Gasteiger partial charge on any atom is -0.407 e. The van der Waals surface area contributed by atoms with E-state index in [1.54, 1.807) is 12.1 Å². The zero-order valence-electron chi connectivity index (χ0n) is 26.0. The first kappa shape index (κ1) is 33.2. The third-order valence-electron chi connectivity index (χ3n) is 6.97. The molecule has 2 heterocycles. The molecule has 11 heteroatoms. The number of hydrogen-bond donors (Lipinski definition) is 0. The van der Waals surface area contributed by atoms with Crippen molar-refractivity contribution < 1.29 is 18.0 Å². The first-order chi connectivity index (χ1) is 20.3. The molecular formula is C32H42ClN4O4PSi. The summed E-state index contributed by atoms with van der Waals surface area (Å²) in [5, 5.41) is 2.45. The van der Waals surface area contributed by atoms with Crippen molar-refractivity contribution in [2.75, 3.05) is 6.61 Å². The lowest BCUT2D eigenvalue weighted by Gasteiger charge is -2.43. The van der Waals surface area contributed by atoms with Gasteiger partial charge in [0.15, 0.2) is 10.8 Å². The largest absolute Gasteiger partial charge is 0.407 e. The number of hydrogen-bond acceptors (Lipinski definition) is 7. The predicted molar refractivity (Wildman–Crippen MR) is 177 cm³/mol. The minimum atomic E-state index is -3.54. The standard InChI is InChI=1S/C32H42ClN4O4PSi/c1-24(2)40-42(38,41-25(3)4)19-18-26(20-37-23-36-29-30(33)34-22-35-31(29)37)21-39-43(32(5,6)7,27-14-10-8-11-15-27)28-16-12-9-13-17-28/h8-19,22-26H,20-21H2,1-7H3. The molecule has 0 N–H and O–H groups in total. The topological polar surface area (TPSA) is 88.4 Å². The summed E-state index contributed by atoms with van der Waals surface area (Å²) >= 11 is 6.30. The maximum atomic E-state index is 13.8. The van der Waals surface area contributed by atoms with Gasteiger partial charge in [-0.25, -0.2) is 15.0 Å². The maximum absolute atomic E-state index is 13.8. The van der Waals surface area contributed by atoms with Gasteiger partial charge in [-0.05, 0) is 43.1 Å². The molecule has 230 valence electrons. The first-order valence-corrected chi connectivity index (χ1v) is 18.5. The Kier molecular flexibility index (Phi) is 10.8. The van der Waals surface area contributed by atoms with Crippen LogP contribution < -0.4 is 10.4 Å². The lowest BCUT2D eigenvalue weighted by molar-refractivity contribution is 0.149. The lowest BCUT2D eigenvalue weighted by atomic mass is 10.1. The number of fused-ring (bicyclic) bond motifs is 1. The van der Waals surface area contributed by atoms with Crippen LogP contribution in [0.25, 0.3) is 11.2 Å². The average Bonchev–Trinajstić information content (AvgIpc) is 3.35. The van der Waals surface area contributed by atoms with E-state index in [2.05, 4.69) is 84.3 Å². The maximum Gasteiger partial charge on any atom is 0.354 e. The van der Waals surface area contributed by atoms with Gasteiger partial charge in [-0.3, -0.25) is 4.57 Å². The van der Waals surface area contributed by atoms with Gasteiger partial charge in [0, 0.05) is 24.9 Å². The van der Waals surface area contributed by atoms with Crippen LogP contribution in [0.3, 0.4) is 0 Å². The second-order valence-electron chi connectivity index (χ2n) is 12.2. The second-order valence-corrected chi connectivity index (χ2v) is 18.6. The number of benzene rings is 2. The van der Waals surface area contributed by atoms with E-state index in [1.165, 1.54) is 16.7 Å². The Morgan fingerprint density at radius 2 is 1.47 bits per heavy atom. The van der Waals surface area contributed by atoms with E-state index in [4.69, 9.17) is 25.1 Å². The molecule has 43 heavy (non-hydrogen) atoms. The number of rotatable bonds is 13. The second kappa shape index (κ2) is 14.0. The molecule has 0 aliphatic rings. The quantitative estimate of drug-likeness (QED) is 0.0865. The third kappa shape index (κ3) is 7.90. The third-order valence-corrected chi connectivity index (χ3v) is 14.2. The molecule has 0 spiro atoms. The Balaban J connectivity index is 1.79. The van der Waals surface area contributed by atoms with Crippen LogP contribution >= 0.6 is 19.2 Å². The minimum absolute atomic E-state index is 0.205. The molecule has 1 unspecified atom stereocenters. The molecule has 0 saturated carbocycles. The fourth-order valence-electron chi connectivity index (χ4n) is 5.31. The van der Waals surface area contributed by atoms with Crippen LogP contribution in [0.15, 0.2) is 85.2 Å². The summed E-state index contributed by atoms with van der Waals surface area (Å²) in [6, 6.07) is 21.0. The van der Waals surface area contributed by atoms with Crippen LogP contribution in [0.2, 0.25) is 10.2 Å². The number of nitrogens with zero attached hydrogens (tertiary/aromatic N) is 4. The summed E-state index contributed by atoms with van der Waals surface area (Å²) in [4.78, 5) is 12.9. The van der Waals surface area contributed by atoms with Gasteiger partial charge >= 0.3 is 7.60 Å². The number of imidazole rings is 1. The van der Waals surface area contributed by atoms with E-state index >= 15 is 0 Å². The smallest absolute Gasteiger partial charge is 0.354 e. The van der Waals surface area contributed by atoms with Gasteiger partial charge in [-0.15, -0.1) is 0 Å². The molecule has 4 rings (SSSR count). The molecule has 1 atom stereocenters. The van der Waals surface area contributed by atoms with Crippen molar-refractivity contribution in [3.8, 4) is 0 Å². The van der Waals surface area contributed by atoms with Crippen molar-refractivity contribution in [3.05, 3.63) is 90.4 Å². The highest BCUT2D eigenvalue weighted by Crippen LogP contribution is 2.52. The molecule has 2 aromatic carbocycles. The molecule has 0 radical (unpaired) electrons. The van der Waals surface area contributed by atoms with Gasteiger partial charge in [0.2, 0.25) is 0 Å². The van der Waals surface area contributed by atoms with E-state index in [9.17, 15) is 4.57 Å². The Bertz CT molecular complexity index is 1500. The Morgan fingerprint density at radius 1 is 0.907 bits per heavy atom. The highest BCUT2D eigenvalue weighted by Gasteiger charge is 2.50. The fraction of sp³-hybridized carbons (Fsp3) is 0.406. The molecule has 8 nitrogen and oxygen atoms in total. The van der Waals surface area contributed by atoms with Crippen molar-refractivity contribution in [1.29, 1.82) is 0 Å². The van der Waals surface area contributed by atoms with E-state index in [-0.39, 0.29) is 23.2 Å². The monoisotopic (exact) mass is 640 g/mol. The van der Waals surface area contributed by atoms with Gasteiger partial charge < -0.3 is 18.0 Å². The molecule has 0 aliphatic carbocycles. The molecule has 4 aromatic rings. The van der Waals surface area contributed by atoms with Crippen LogP contribution in [0.5, 0.6) is 0 Å². The summed E-state index contributed by atoms with van der Waals surface area (Å²) in [6.45, 7) is 14.9. The van der Waals surface area contributed by atoms with Gasteiger partial charge in [0.05, 0.1) is 18.5 Å². The lowest BCUT2D eigenvalue weighted by Crippen LogP contribution is -2.66. The molecule has 0 fully saturated rings. The van der Waals surface area contributed by atoms with Crippen LogP contribution in [0.1, 0.15) is 48.5 Å². The van der Waals surface area contributed by atoms with Crippen molar-refractivity contribution in [3.63, 3.8) is 0 Å². The SMILES string of the molecule is CC(C)OP(=O)(C=CC(CO[Si](c1ccccc1)(c1ccccc1)C(C)(C)C)Cn1cnc2c(Cl)ncnc21)OC(C)C. The van der Waals surface area contributed by atoms with E-state index in [1.807, 2.05) is 50.5 Å². The molecule has 2 aromatic heterocycles. The van der Waals surface area contributed by atoms with Crippen molar-refractivity contribution in [2.24, 2.45) is 5.92 Å². The van der Waals surface area contributed by atoms with E-state index in [0.29, 0.717) is 29.5 Å². The summed E-state index contributed by atoms with van der Waals surface area (Å²) in [7, 11) is -6.38. The molecule has 0 amide bonds. The summed E-state index contributed by atoms with van der Waals surface area (Å²) < 4.78 is 34.6. The average molecular weight is 641 g/mol. The van der Waals surface area contributed by atoms with E-state index < -0.39 is 15.9 Å². The van der Waals surface area contributed by atoms with Gasteiger partial charge in [0.25, 0.3) is 8.32 Å². The van der Waals surface area contributed by atoms with Gasteiger partial charge in [0.1, 0.15) is 11.8 Å². The number of halogens is 1. The molecule has 0 saturated heterocycles. The number of aromatic nitrogens is 4. The van der Waals surface area contributed by atoms with Crippen LogP contribution in [-0.2, 0) is 24.6 Å². The van der Waals surface area contributed by atoms with Crippen molar-refractivity contribution in [2.45, 2.75) is 72.3 Å². The Morgan fingerprint density at radius 3 is 1.98 bits per heavy atom. The summed E-state index contributed by atoms with van der Waals surface area (Å²) in [5.74, 6) is 1.33. The van der Waals surface area contributed by atoms with Crippen molar-refractivity contribution >= 4 is 49.1 Å². The predicted octanol–water partition coefficient (Wildman–Crippen LogP) is 7.23. The van der Waals surface area contributed by atoms with Crippen molar-refractivity contribution in [1.82, 2.24) is 19.5 Å². The van der Waals surface area contributed by atoms with Crippen LogP contribution in [0, 0.1) is 5.92 Å². The summed E-state index contributed by atoms with van der Waals surface area (Å²) in [5.41, 5.74) is 1.14. The summed E-state index contributed by atoms with van der Waals surface area (Å²) in [6.07, 6.45) is 4.45. The molecular weight excluding hydrogens is 599 g/mol. The Labute approximate surface area is 261 Å². The first-order valence-electron chi connectivity index (χ1n) is 14.6. The highest BCUT2D eigenvalue weighted by atomic mass is 35.5. The fourth-order valence-corrected chi connectivity index (χ4v) is 11.9. The molecule has 0 bridgehead atoms. The van der Waals surface area contributed by atoms with Gasteiger partial charge in [-0.2, -0.15) is 0 Å². The zero-order valence-corrected chi connectivity index (χ0v) is 28.6. The van der Waals surface area contributed by atoms with E-state index in [0.717, 1.165) is 0 Å². The Hall–Kier alpha value is -2.65. The zero-order chi connectivity index (χ0) is 31.3. The van der Waals surface area contributed by atoms with Gasteiger partial charge in [-0.1, -0.05) is 99.1 Å². The highest BCUT2D eigenvalue weighted by molar-refractivity contribution is 7.57. The van der Waals surface area contributed by atoms with Crippen LogP contribution in [-0.4, -0.2) is 46.7 Å².